The highest BCUT2D eigenvalue weighted by Crippen LogP contribution is 2.38. The van der Waals surface area contributed by atoms with Crippen LogP contribution in [0.3, 0.4) is 0 Å². The molecule has 0 saturated heterocycles. The van der Waals surface area contributed by atoms with Crippen molar-refractivity contribution in [3.8, 4) is 34.4 Å². The van der Waals surface area contributed by atoms with Gasteiger partial charge in [0.2, 0.25) is 28.7 Å². The molecule has 0 fully saturated rings. The van der Waals surface area contributed by atoms with Crippen LogP contribution < -0.4 is 15.5 Å². The molecule has 0 radical (unpaired) electrons. The maximum atomic E-state index is 13.1. The number of aliphatic carboxylic acids is 1. The number of aryl methyl sites for hydroxylation is 4. The number of carbonyl (C=O) groups is 6. The van der Waals surface area contributed by atoms with Crippen molar-refractivity contribution in [2.75, 3.05) is 0 Å². The van der Waals surface area contributed by atoms with Gasteiger partial charge in [-0.15, -0.1) is 0 Å². The number of carboxylic acid groups (broad SMARTS) is 1. The zero-order valence-corrected chi connectivity index (χ0v) is 86.0. The first-order valence-corrected chi connectivity index (χ1v) is 45.7. The standard InChI is InChI=1S/C23H20Cl2F3N4O3.C19H11Cl2F3N4O3.C14H19ClN2O3.C14H16ClNO2.C14H14ClNO2.C7H3BrClN.C7H12O2/c1-22(2,3)34-18(33)7-5-12-4-6-14(15(24)8-12)19-30-21(35-31-19)17-11-32-10-13(23(26,27)28)9-16(25)20(32)29-17;20-12-5-9(2-4-15(29)30)1-3-11(12)16-26-18(31-27-16)14-8-28-7-10(19(22,23)24)6-13(21)17(28)25-14;1-14(2,3)20-12(18)7-5-9-4-6-10(11(15)8-9)13(16)17-19;2*1-14(2,3)18-13(17)8-6-10-5-7-12(16-4)11(15)9-10;1-10-7-3-2-5(8)4-6(7)9;1-5-6(8)9-7(2,3)4/h4,6,8-11,17H,5,7H2,1-3H3;1,3,5-8H,2,4H2,(H,29,30);4,6,8,19H,5,7H2,1-3H3,(H2,16,17);5,7,9H,6,8H2,1-3H3;5-9H,1-3H3;2-4H;5H,1H2,2-4H3/q+1;;;;;;/b;;;;8-6+;;. The first kappa shape index (κ1) is 117. The SMILES string of the molecule is C=CC(=O)OC(C)(C)C.CC(C)(C)OC(=O)CCc1ccc(-c2noc(C3C=[n+]4cc(C(F)(F)F)cc(Cl)c4=N3)n2)c(Cl)c1.CC(C)(C)OC(=O)CCc1ccc(/C(N)=N/O)c(Cl)c1.O=C(O)CCc1ccc(-c2noc(-c3cn4cc(C(F)(F)F)cc(Cl)c4n3)n2)c(Cl)c1.[C-]#[N+]c1ccc(/C=C/C(=O)OC(C)(C)C)cc1Cl.[C-]#[N+]c1ccc(Br)cc1Cl.[C-]#[N+]c1ccc(CCC(=O)OC(C)(C)C)cc1Cl. The monoisotopic (exact) mass is 2170 g/mol. The van der Waals surface area contributed by atoms with Crippen LogP contribution in [0.1, 0.15) is 186 Å². The summed E-state index contributed by atoms with van der Waals surface area (Å²) in [7, 11) is 0. The Kier molecular flexibility index (Phi) is 43.1. The van der Waals surface area contributed by atoms with Gasteiger partial charge in [-0.3, -0.25) is 19.2 Å². The second kappa shape index (κ2) is 51.8. The molecule has 28 nitrogen and oxygen atoms in total. The molecular formula is C98H95BrCl8F6N13O15+. The highest BCUT2D eigenvalue weighted by atomic mass is 79.9. The van der Waals surface area contributed by atoms with Crippen LogP contribution >= 0.6 is 109 Å². The van der Waals surface area contributed by atoms with E-state index in [0.29, 0.717) is 96.0 Å². The van der Waals surface area contributed by atoms with Crippen LogP contribution in [0.2, 0.25) is 40.2 Å². The Morgan fingerprint density at radius 3 is 1.38 bits per heavy atom. The molecule has 1 unspecified atom stereocenters. The molecule has 6 aromatic carbocycles. The van der Waals surface area contributed by atoms with Gasteiger partial charge in [0.15, 0.2) is 11.5 Å². The minimum absolute atomic E-state index is 0.0330. The summed E-state index contributed by atoms with van der Waals surface area (Å²) in [5, 5.41) is 30.0. The van der Waals surface area contributed by atoms with Crippen molar-refractivity contribution in [3.63, 3.8) is 0 Å². The second-order valence-corrected chi connectivity index (χ2v) is 39.1. The van der Waals surface area contributed by atoms with E-state index in [9.17, 15) is 55.1 Å². The molecule has 746 valence electrons. The van der Waals surface area contributed by atoms with E-state index in [1.807, 2.05) is 68.4 Å². The molecular weight excluding hydrogens is 2080 g/mol. The Hall–Kier alpha value is -12.5. The summed E-state index contributed by atoms with van der Waals surface area (Å²) in [4.78, 5) is 94.5. The Balaban J connectivity index is 0.000000263. The van der Waals surface area contributed by atoms with E-state index in [2.05, 4.69) is 72.5 Å². The van der Waals surface area contributed by atoms with Crippen LogP contribution in [-0.4, -0.2) is 110 Å². The molecule has 5 aromatic heterocycles. The zero-order chi connectivity index (χ0) is 106. The summed E-state index contributed by atoms with van der Waals surface area (Å²) in [6.45, 7) is 51.0. The van der Waals surface area contributed by atoms with Crippen LogP contribution in [0.15, 0.2) is 182 Å². The molecule has 4 N–H and O–H groups in total. The number of fused-ring (bicyclic) bond motifs is 2. The lowest BCUT2D eigenvalue weighted by Gasteiger charge is -2.19. The molecule has 6 heterocycles. The first-order chi connectivity index (χ1) is 65.5. The Morgan fingerprint density at radius 2 is 0.943 bits per heavy atom. The van der Waals surface area contributed by atoms with Gasteiger partial charge in [-0.1, -0.05) is 196 Å². The minimum Gasteiger partial charge on any atom is -0.481 e. The van der Waals surface area contributed by atoms with Crippen molar-refractivity contribution in [2.45, 2.75) is 202 Å². The lowest BCUT2D eigenvalue weighted by molar-refractivity contribution is -0.524. The fraction of sp³-hybridized carbons (Fsp3) is 0.316. The molecule has 12 rings (SSSR count). The number of aromatic nitrogens is 7. The predicted octanol–water partition coefficient (Wildman–Crippen LogP) is 26.7. The molecule has 1 aliphatic heterocycles. The third-order valence-electron chi connectivity index (χ3n) is 17.4. The van der Waals surface area contributed by atoms with E-state index in [-0.39, 0.29) is 99.3 Å². The summed E-state index contributed by atoms with van der Waals surface area (Å²) in [6, 6.07) is 31.4. The Bertz CT molecular complexity index is 6720. The van der Waals surface area contributed by atoms with Gasteiger partial charge in [0.25, 0.3) is 17.8 Å². The number of benzene rings is 6. The summed E-state index contributed by atoms with van der Waals surface area (Å²) < 4.78 is 118. The van der Waals surface area contributed by atoms with Crippen molar-refractivity contribution in [1.29, 1.82) is 0 Å². The number of pyridine rings is 2. The van der Waals surface area contributed by atoms with Gasteiger partial charge in [-0.05, 0) is 224 Å². The molecule has 0 bridgehead atoms. The summed E-state index contributed by atoms with van der Waals surface area (Å²) >= 11 is 51.4. The highest BCUT2D eigenvalue weighted by molar-refractivity contribution is 9.10. The topological polar surface area (TPSA) is 354 Å². The number of amidine groups is 1. The normalized spacial score (nSPS) is 12.3. The van der Waals surface area contributed by atoms with Gasteiger partial charge in [0.1, 0.15) is 51.1 Å². The fourth-order valence-electron chi connectivity index (χ4n) is 11.5. The fourth-order valence-corrected chi connectivity index (χ4v) is 14.1. The molecule has 1 atom stereocenters. The van der Waals surface area contributed by atoms with Crippen LogP contribution in [0.25, 0.3) is 60.6 Å². The van der Waals surface area contributed by atoms with Crippen LogP contribution in [0.5, 0.6) is 0 Å². The van der Waals surface area contributed by atoms with Gasteiger partial charge >= 0.3 is 53.7 Å². The summed E-state index contributed by atoms with van der Waals surface area (Å²) in [5.74, 6) is -2.17. The first-order valence-electron chi connectivity index (χ1n) is 41.9. The number of imidazole rings is 1. The maximum absolute atomic E-state index is 13.1. The lowest BCUT2D eigenvalue weighted by atomic mass is 10.1. The quantitative estimate of drug-likeness (QED) is 0.00609. The van der Waals surface area contributed by atoms with Crippen LogP contribution in [0, 0.1) is 25.9 Å². The molecule has 0 saturated carbocycles. The van der Waals surface area contributed by atoms with E-state index >= 15 is 0 Å². The smallest absolute Gasteiger partial charge is 0.419 e. The number of carboxylic acids is 1. The molecule has 11 aromatic rings. The number of esters is 5. The van der Waals surface area contributed by atoms with Crippen LogP contribution in [-0.2, 0) is 90.5 Å². The van der Waals surface area contributed by atoms with Gasteiger partial charge in [0.05, 0.1) is 50.9 Å². The number of carbonyl (C=O) groups excluding carboxylic acids is 5. The zero-order valence-electron chi connectivity index (χ0n) is 78.3. The summed E-state index contributed by atoms with van der Waals surface area (Å²) in [6.07, 6.45) is 2.04. The predicted molar refractivity (Wildman–Crippen MR) is 528 cm³/mol. The average molecular weight is 2170 g/mol. The number of rotatable bonds is 20. The average Bonchev–Trinajstić information content (AvgIpc) is 1.64. The molecule has 0 amide bonds. The number of nitrogens with two attached hydrogens (primary N) is 1. The van der Waals surface area contributed by atoms with Crippen molar-refractivity contribution >= 4 is 179 Å². The van der Waals surface area contributed by atoms with E-state index in [1.54, 1.807) is 151 Å². The third kappa shape index (κ3) is 40.2. The van der Waals surface area contributed by atoms with Crippen molar-refractivity contribution in [2.24, 2.45) is 15.9 Å². The molecule has 0 spiro atoms. The second-order valence-electron chi connectivity index (χ2n) is 35.0. The molecule has 0 aliphatic carbocycles. The largest absolute Gasteiger partial charge is 0.481 e. The number of hydrogen-bond acceptors (Lipinski definition) is 21. The number of oxime groups is 1. The van der Waals surface area contributed by atoms with Crippen LogP contribution in [0.4, 0.5) is 43.4 Å². The lowest BCUT2D eigenvalue weighted by Crippen LogP contribution is -2.36. The van der Waals surface area contributed by atoms with E-state index < -0.39 is 69.5 Å². The van der Waals surface area contributed by atoms with Gasteiger partial charge in [-0.25, -0.2) is 33.4 Å². The van der Waals surface area contributed by atoms with E-state index in [4.69, 9.17) is 161 Å². The number of nitrogens with zero attached hydrogens (tertiary/aromatic N) is 12. The van der Waals surface area contributed by atoms with Gasteiger partial charge in [-0.2, -0.15) is 36.3 Å². The van der Waals surface area contributed by atoms with Crippen molar-refractivity contribution < 1.29 is 102 Å². The maximum Gasteiger partial charge on any atom is 0.419 e. The Morgan fingerprint density at radius 1 is 0.518 bits per heavy atom. The molecule has 43 heteroatoms. The van der Waals surface area contributed by atoms with E-state index in [1.165, 1.54) is 22.7 Å². The van der Waals surface area contributed by atoms with Gasteiger partial charge < -0.3 is 53.2 Å². The molecule has 141 heavy (non-hydrogen) atoms. The van der Waals surface area contributed by atoms with Crippen molar-refractivity contribution in [1.82, 2.24) is 29.7 Å². The Labute approximate surface area is 856 Å². The number of alkyl halides is 6. The number of halogens is 15. The number of ether oxygens (including phenoxy) is 5. The third-order valence-corrected chi connectivity index (χ3v) is 20.3. The van der Waals surface area contributed by atoms with Crippen molar-refractivity contribution in [3.05, 3.63) is 300 Å². The van der Waals surface area contributed by atoms with E-state index in [0.717, 1.165) is 67.3 Å². The summed E-state index contributed by atoms with van der Waals surface area (Å²) in [5.41, 5.74) is 8.47. The highest BCUT2D eigenvalue weighted by Gasteiger charge is 2.37. The minimum atomic E-state index is -4.56. The number of hydrogen-bond donors (Lipinski definition) is 3. The van der Waals surface area contributed by atoms with Gasteiger partial charge in [0, 0.05) is 86.5 Å². The molecule has 1 aliphatic rings.